The van der Waals surface area contributed by atoms with E-state index in [1.165, 1.54) is 77.5 Å². The molecule has 3 heteroatoms. The van der Waals surface area contributed by atoms with Crippen molar-refractivity contribution in [3.63, 3.8) is 0 Å². The first kappa shape index (κ1) is 17.2. The summed E-state index contributed by atoms with van der Waals surface area (Å²) in [6.07, 6.45) is 10.5. The number of likely N-dealkylation sites (tertiary alicyclic amines) is 1. The Hall–Kier alpha value is -0.120. The Morgan fingerprint density at radius 2 is 1.86 bits per heavy atom. The summed E-state index contributed by atoms with van der Waals surface area (Å²) < 4.78 is 0. The zero-order valence-corrected chi connectivity index (χ0v) is 14.2. The fraction of sp³-hybridized carbons (Fsp3) is 1.00. The third-order valence-corrected chi connectivity index (χ3v) is 5.71. The van der Waals surface area contributed by atoms with Gasteiger partial charge in [-0.15, -0.1) is 0 Å². The van der Waals surface area contributed by atoms with Gasteiger partial charge in [0.25, 0.3) is 0 Å². The average molecular weight is 296 g/mol. The molecule has 2 fully saturated rings. The largest absolute Gasteiger partial charge is 0.393 e. The van der Waals surface area contributed by atoms with E-state index >= 15 is 0 Å². The molecular formula is C18H36N2O. The minimum Gasteiger partial charge on any atom is -0.393 e. The number of aliphatic hydroxyl groups excluding tert-OH is 1. The molecule has 1 heterocycles. The molecule has 2 rings (SSSR count). The topological polar surface area (TPSA) is 35.5 Å². The SMILES string of the molecule is CCCNCC1(CN2CCC(C(C)O)CC2)CCCCC1. The maximum Gasteiger partial charge on any atom is 0.0541 e. The summed E-state index contributed by atoms with van der Waals surface area (Å²) in [6.45, 7) is 10.2. The lowest BCUT2D eigenvalue weighted by Gasteiger charge is -2.44. The van der Waals surface area contributed by atoms with Gasteiger partial charge in [-0.25, -0.2) is 0 Å². The van der Waals surface area contributed by atoms with E-state index in [0.717, 1.165) is 6.54 Å². The van der Waals surface area contributed by atoms with Gasteiger partial charge in [-0.3, -0.25) is 0 Å². The van der Waals surface area contributed by atoms with Gasteiger partial charge in [0.15, 0.2) is 0 Å². The highest BCUT2D eigenvalue weighted by molar-refractivity contribution is 4.89. The van der Waals surface area contributed by atoms with Crippen molar-refractivity contribution < 1.29 is 5.11 Å². The van der Waals surface area contributed by atoms with Crippen LogP contribution in [0, 0.1) is 11.3 Å². The Kier molecular flexibility index (Phi) is 6.97. The van der Waals surface area contributed by atoms with E-state index in [4.69, 9.17) is 0 Å². The Balaban J connectivity index is 1.84. The van der Waals surface area contributed by atoms with Crippen LogP contribution in [0.2, 0.25) is 0 Å². The van der Waals surface area contributed by atoms with E-state index in [1.54, 1.807) is 0 Å². The summed E-state index contributed by atoms with van der Waals surface area (Å²) in [5, 5.41) is 13.4. The number of rotatable bonds is 7. The number of hydrogen-bond acceptors (Lipinski definition) is 3. The number of aliphatic hydroxyl groups is 1. The summed E-state index contributed by atoms with van der Waals surface area (Å²) >= 11 is 0. The molecule has 1 atom stereocenters. The molecule has 3 nitrogen and oxygen atoms in total. The molecule has 0 amide bonds. The zero-order chi connectivity index (χ0) is 15.1. The van der Waals surface area contributed by atoms with Crippen LogP contribution < -0.4 is 5.32 Å². The second-order valence-electron chi connectivity index (χ2n) is 7.59. The van der Waals surface area contributed by atoms with Crippen molar-refractivity contribution in [1.29, 1.82) is 0 Å². The van der Waals surface area contributed by atoms with Crippen molar-refractivity contribution in [3.8, 4) is 0 Å². The molecule has 2 N–H and O–H groups in total. The highest BCUT2D eigenvalue weighted by Gasteiger charge is 2.34. The Morgan fingerprint density at radius 3 is 2.43 bits per heavy atom. The van der Waals surface area contributed by atoms with Crippen molar-refractivity contribution in [1.82, 2.24) is 10.2 Å². The highest BCUT2D eigenvalue weighted by atomic mass is 16.3. The van der Waals surface area contributed by atoms with E-state index in [9.17, 15) is 5.11 Å². The molecular weight excluding hydrogens is 260 g/mol. The van der Waals surface area contributed by atoms with Gasteiger partial charge in [-0.05, 0) is 70.0 Å². The molecule has 1 saturated heterocycles. The van der Waals surface area contributed by atoms with Gasteiger partial charge in [0.05, 0.1) is 6.10 Å². The van der Waals surface area contributed by atoms with Crippen molar-refractivity contribution in [2.75, 3.05) is 32.7 Å². The van der Waals surface area contributed by atoms with Crippen LogP contribution in [0.25, 0.3) is 0 Å². The third-order valence-electron chi connectivity index (χ3n) is 5.71. The van der Waals surface area contributed by atoms with Crippen LogP contribution >= 0.6 is 0 Å². The average Bonchev–Trinajstić information content (AvgIpc) is 2.49. The molecule has 1 saturated carbocycles. The van der Waals surface area contributed by atoms with E-state index in [2.05, 4.69) is 17.1 Å². The predicted octanol–water partition coefficient (Wildman–Crippen LogP) is 3.03. The van der Waals surface area contributed by atoms with E-state index < -0.39 is 0 Å². The summed E-state index contributed by atoms with van der Waals surface area (Å²) in [6, 6.07) is 0. The smallest absolute Gasteiger partial charge is 0.0541 e. The maximum atomic E-state index is 9.75. The second kappa shape index (κ2) is 8.50. The van der Waals surface area contributed by atoms with Gasteiger partial charge < -0.3 is 15.3 Å². The first-order chi connectivity index (χ1) is 10.2. The lowest BCUT2D eigenvalue weighted by Crippen LogP contribution is -2.48. The number of nitrogens with one attached hydrogen (secondary N) is 1. The standard InChI is InChI=1S/C18H36N2O/c1-3-11-19-14-18(9-5-4-6-10-18)15-20-12-7-17(8-13-20)16(2)21/h16-17,19,21H,3-15H2,1-2H3. The van der Waals surface area contributed by atoms with Crippen molar-refractivity contribution >= 4 is 0 Å². The van der Waals surface area contributed by atoms with Gasteiger partial charge in [-0.1, -0.05) is 26.2 Å². The van der Waals surface area contributed by atoms with E-state index in [1.807, 2.05) is 6.92 Å². The van der Waals surface area contributed by atoms with Crippen molar-refractivity contribution in [2.24, 2.45) is 11.3 Å². The van der Waals surface area contributed by atoms with Gasteiger partial charge in [0.1, 0.15) is 0 Å². The molecule has 1 unspecified atom stereocenters. The van der Waals surface area contributed by atoms with Crippen LogP contribution in [-0.2, 0) is 0 Å². The molecule has 0 bridgehead atoms. The lowest BCUT2D eigenvalue weighted by molar-refractivity contribution is 0.0414. The summed E-state index contributed by atoms with van der Waals surface area (Å²) in [5.74, 6) is 0.529. The van der Waals surface area contributed by atoms with Gasteiger partial charge >= 0.3 is 0 Å². The van der Waals surface area contributed by atoms with Crippen LogP contribution in [-0.4, -0.2) is 48.8 Å². The molecule has 1 aliphatic heterocycles. The Labute approximate surface area is 131 Å². The van der Waals surface area contributed by atoms with Crippen molar-refractivity contribution in [3.05, 3.63) is 0 Å². The molecule has 0 aromatic heterocycles. The third kappa shape index (κ3) is 5.22. The molecule has 0 radical (unpaired) electrons. The first-order valence-electron chi connectivity index (χ1n) is 9.26. The zero-order valence-electron chi connectivity index (χ0n) is 14.2. The minimum atomic E-state index is -0.123. The molecule has 0 aromatic rings. The second-order valence-corrected chi connectivity index (χ2v) is 7.59. The van der Waals surface area contributed by atoms with Crippen LogP contribution in [0.5, 0.6) is 0 Å². The van der Waals surface area contributed by atoms with Crippen molar-refractivity contribution in [2.45, 2.75) is 71.3 Å². The highest BCUT2D eigenvalue weighted by Crippen LogP contribution is 2.37. The van der Waals surface area contributed by atoms with Crippen LogP contribution in [0.1, 0.15) is 65.2 Å². The molecule has 0 spiro atoms. The summed E-state index contributed by atoms with van der Waals surface area (Å²) in [7, 11) is 0. The van der Waals surface area contributed by atoms with E-state index in [-0.39, 0.29) is 6.10 Å². The minimum absolute atomic E-state index is 0.123. The molecule has 0 aromatic carbocycles. The van der Waals surface area contributed by atoms with Gasteiger partial charge in [0.2, 0.25) is 0 Å². The number of piperidine rings is 1. The summed E-state index contributed by atoms with van der Waals surface area (Å²) in [4.78, 5) is 2.68. The predicted molar refractivity (Wildman–Crippen MR) is 89.5 cm³/mol. The fourth-order valence-electron chi connectivity index (χ4n) is 4.29. The monoisotopic (exact) mass is 296 g/mol. The normalized spacial score (nSPS) is 25.9. The van der Waals surface area contributed by atoms with Crippen LogP contribution in [0.3, 0.4) is 0 Å². The van der Waals surface area contributed by atoms with Gasteiger partial charge in [-0.2, -0.15) is 0 Å². The molecule has 21 heavy (non-hydrogen) atoms. The summed E-state index contributed by atoms with van der Waals surface area (Å²) in [5.41, 5.74) is 0.519. The Bertz CT molecular complexity index is 279. The molecule has 1 aliphatic carbocycles. The van der Waals surface area contributed by atoms with Crippen LogP contribution in [0.4, 0.5) is 0 Å². The number of nitrogens with zero attached hydrogens (tertiary/aromatic N) is 1. The van der Waals surface area contributed by atoms with Crippen LogP contribution in [0.15, 0.2) is 0 Å². The number of hydrogen-bond donors (Lipinski definition) is 2. The quantitative estimate of drug-likeness (QED) is 0.709. The fourth-order valence-corrected chi connectivity index (χ4v) is 4.29. The Morgan fingerprint density at radius 1 is 1.19 bits per heavy atom. The van der Waals surface area contributed by atoms with E-state index in [0.29, 0.717) is 11.3 Å². The molecule has 2 aliphatic rings. The molecule has 124 valence electrons. The van der Waals surface area contributed by atoms with Gasteiger partial charge in [0, 0.05) is 13.1 Å². The first-order valence-corrected chi connectivity index (χ1v) is 9.26. The lowest BCUT2D eigenvalue weighted by atomic mass is 9.73. The maximum absolute atomic E-state index is 9.75.